The lowest BCUT2D eigenvalue weighted by molar-refractivity contribution is 0.318. The largest absolute Gasteiger partial charge is 0.504 e. The van der Waals surface area contributed by atoms with Gasteiger partial charge in [-0.3, -0.25) is 4.99 Å². The first-order chi connectivity index (χ1) is 11.8. The Kier molecular flexibility index (Phi) is 5.60. The zero-order valence-electron chi connectivity index (χ0n) is 13.5. The zero-order chi connectivity index (χ0) is 18.4. The molecule has 0 bridgehead atoms. The van der Waals surface area contributed by atoms with Gasteiger partial charge in [0.15, 0.2) is 11.5 Å². The molecule has 0 unspecified atom stereocenters. The molecule has 2 aromatic rings. The average molecular weight is 362 g/mol. The Bertz CT molecular complexity index is 902. The second kappa shape index (κ2) is 7.67. The molecule has 2 aromatic carbocycles. The van der Waals surface area contributed by atoms with Crippen LogP contribution in [0.1, 0.15) is 12.5 Å². The number of aromatic hydroxyl groups is 1. The van der Waals surface area contributed by atoms with Crippen molar-refractivity contribution in [2.24, 2.45) is 20.9 Å². The predicted molar refractivity (Wildman–Crippen MR) is 96.0 cm³/mol. The number of sulfonamides is 1. The van der Waals surface area contributed by atoms with Crippen molar-refractivity contribution >= 4 is 27.9 Å². The number of phenolic OH excluding ortho intramolecular Hbond substituents is 1. The van der Waals surface area contributed by atoms with E-state index in [1.807, 2.05) is 6.92 Å². The van der Waals surface area contributed by atoms with Crippen LogP contribution in [0.25, 0.3) is 0 Å². The molecular formula is C16H18N4O4S. The Labute approximate surface area is 145 Å². The van der Waals surface area contributed by atoms with Gasteiger partial charge >= 0.3 is 0 Å². The van der Waals surface area contributed by atoms with Crippen LogP contribution in [0.4, 0.5) is 5.69 Å². The summed E-state index contributed by atoms with van der Waals surface area (Å²) in [7, 11) is -3.92. The van der Waals surface area contributed by atoms with Gasteiger partial charge in [0, 0.05) is 6.21 Å². The highest BCUT2D eigenvalue weighted by atomic mass is 32.2. The molecular weight excluding hydrogens is 344 g/mol. The van der Waals surface area contributed by atoms with Crippen LogP contribution in [-0.4, -0.2) is 32.3 Å². The summed E-state index contributed by atoms with van der Waals surface area (Å²) >= 11 is 0. The summed E-state index contributed by atoms with van der Waals surface area (Å²) in [5.41, 5.74) is 11.5. The maximum atomic E-state index is 11.8. The second-order valence-electron chi connectivity index (χ2n) is 4.90. The first-order valence-electron chi connectivity index (χ1n) is 7.27. The minimum absolute atomic E-state index is 0.0388. The van der Waals surface area contributed by atoms with Crippen LogP contribution in [-0.2, 0) is 10.0 Å². The van der Waals surface area contributed by atoms with Gasteiger partial charge in [0.2, 0.25) is 5.96 Å². The number of benzene rings is 2. The third kappa shape index (κ3) is 4.95. The fourth-order valence-corrected chi connectivity index (χ4v) is 2.79. The molecule has 2 rings (SSSR count). The Balaban J connectivity index is 2.20. The van der Waals surface area contributed by atoms with Crippen molar-refractivity contribution in [3.8, 4) is 11.5 Å². The van der Waals surface area contributed by atoms with Gasteiger partial charge in [-0.05, 0) is 55.0 Å². The van der Waals surface area contributed by atoms with Gasteiger partial charge in [-0.15, -0.1) is 4.40 Å². The van der Waals surface area contributed by atoms with Crippen LogP contribution in [0.15, 0.2) is 56.8 Å². The predicted octanol–water partition coefficient (Wildman–Crippen LogP) is 1.50. The van der Waals surface area contributed by atoms with E-state index in [2.05, 4.69) is 9.39 Å². The summed E-state index contributed by atoms with van der Waals surface area (Å²) in [6.45, 7) is 2.25. The fourth-order valence-electron chi connectivity index (χ4n) is 1.93. The lowest BCUT2D eigenvalue weighted by Gasteiger charge is -2.06. The van der Waals surface area contributed by atoms with Gasteiger partial charge in [-0.1, -0.05) is 0 Å². The number of nitrogens with two attached hydrogens (primary N) is 2. The van der Waals surface area contributed by atoms with Crippen molar-refractivity contribution in [1.29, 1.82) is 0 Å². The Morgan fingerprint density at radius 1 is 1.20 bits per heavy atom. The summed E-state index contributed by atoms with van der Waals surface area (Å²) in [4.78, 5) is 4.21. The number of rotatable bonds is 6. The number of ether oxygens (including phenoxy) is 1. The van der Waals surface area contributed by atoms with Crippen LogP contribution in [0.3, 0.4) is 0 Å². The minimum Gasteiger partial charge on any atom is -0.504 e. The first kappa shape index (κ1) is 18.3. The minimum atomic E-state index is -3.92. The molecule has 0 spiro atoms. The molecule has 5 N–H and O–H groups in total. The summed E-state index contributed by atoms with van der Waals surface area (Å²) in [6.07, 6.45) is 1.57. The molecule has 132 valence electrons. The van der Waals surface area contributed by atoms with Gasteiger partial charge < -0.3 is 21.3 Å². The van der Waals surface area contributed by atoms with Crippen molar-refractivity contribution in [2.45, 2.75) is 11.8 Å². The third-order valence-corrected chi connectivity index (χ3v) is 4.33. The van der Waals surface area contributed by atoms with Crippen molar-refractivity contribution in [3.63, 3.8) is 0 Å². The van der Waals surface area contributed by atoms with E-state index in [1.54, 1.807) is 18.3 Å². The summed E-state index contributed by atoms with van der Waals surface area (Å²) < 4.78 is 32.2. The molecule has 0 radical (unpaired) electrons. The smallest absolute Gasteiger partial charge is 0.285 e. The SMILES string of the molecule is CCOc1cc(C=Nc2ccc(S(=O)(=O)N=C(N)N)cc2)ccc1O. The highest BCUT2D eigenvalue weighted by molar-refractivity contribution is 7.90. The Morgan fingerprint density at radius 3 is 2.48 bits per heavy atom. The molecule has 0 saturated heterocycles. The molecule has 0 atom stereocenters. The molecule has 0 aliphatic heterocycles. The van der Waals surface area contributed by atoms with E-state index in [0.29, 0.717) is 18.0 Å². The number of nitrogens with zero attached hydrogens (tertiary/aromatic N) is 2. The van der Waals surface area contributed by atoms with E-state index in [0.717, 1.165) is 5.56 Å². The third-order valence-electron chi connectivity index (χ3n) is 3.01. The number of aliphatic imine (C=N–C) groups is 1. The maximum Gasteiger partial charge on any atom is 0.285 e. The quantitative estimate of drug-likeness (QED) is 0.525. The Hall–Kier alpha value is -3.07. The van der Waals surface area contributed by atoms with E-state index in [4.69, 9.17) is 16.2 Å². The standard InChI is InChI=1S/C16H18N4O4S/c1-2-24-15-9-11(3-8-14(15)21)10-19-12-4-6-13(7-5-12)25(22,23)20-16(17)18/h3-10,21H,2H2,1H3,(H4,17,18,20). The normalized spacial score (nSPS) is 11.4. The van der Waals surface area contributed by atoms with Crippen molar-refractivity contribution in [2.75, 3.05) is 6.61 Å². The lowest BCUT2D eigenvalue weighted by Crippen LogP contribution is -2.24. The molecule has 25 heavy (non-hydrogen) atoms. The number of phenols is 1. The molecule has 0 saturated carbocycles. The summed E-state index contributed by atoms with van der Waals surface area (Å²) in [5.74, 6) is -0.113. The van der Waals surface area contributed by atoms with Gasteiger partial charge in [-0.2, -0.15) is 8.42 Å². The average Bonchev–Trinajstić information content (AvgIpc) is 2.55. The molecule has 0 amide bonds. The van der Waals surface area contributed by atoms with E-state index >= 15 is 0 Å². The molecule has 8 nitrogen and oxygen atoms in total. The summed E-state index contributed by atoms with van der Waals surface area (Å²) in [6, 6.07) is 10.6. The van der Waals surface area contributed by atoms with E-state index < -0.39 is 16.0 Å². The van der Waals surface area contributed by atoms with Gasteiger partial charge in [0.05, 0.1) is 17.2 Å². The van der Waals surface area contributed by atoms with Crippen LogP contribution in [0.2, 0.25) is 0 Å². The topological polar surface area (TPSA) is 140 Å². The lowest BCUT2D eigenvalue weighted by atomic mass is 10.2. The van der Waals surface area contributed by atoms with Crippen LogP contribution in [0, 0.1) is 0 Å². The molecule has 0 aliphatic rings. The second-order valence-corrected chi connectivity index (χ2v) is 6.51. The molecule has 9 heteroatoms. The Morgan fingerprint density at radius 2 is 1.88 bits per heavy atom. The molecule has 0 aliphatic carbocycles. The van der Waals surface area contributed by atoms with Crippen LogP contribution < -0.4 is 16.2 Å². The number of guanidine groups is 1. The van der Waals surface area contributed by atoms with Crippen LogP contribution in [0.5, 0.6) is 11.5 Å². The highest BCUT2D eigenvalue weighted by Crippen LogP contribution is 2.26. The van der Waals surface area contributed by atoms with Crippen molar-refractivity contribution in [3.05, 3.63) is 48.0 Å². The van der Waals surface area contributed by atoms with Gasteiger partial charge in [0.1, 0.15) is 0 Å². The van der Waals surface area contributed by atoms with E-state index in [-0.39, 0.29) is 10.6 Å². The maximum absolute atomic E-state index is 11.8. The zero-order valence-corrected chi connectivity index (χ0v) is 14.3. The van der Waals surface area contributed by atoms with Gasteiger partial charge in [-0.25, -0.2) is 0 Å². The molecule has 0 fully saturated rings. The monoisotopic (exact) mass is 362 g/mol. The van der Waals surface area contributed by atoms with Crippen molar-refractivity contribution < 1.29 is 18.3 Å². The molecule has 0 heterocycles. The van der Waals surface area contributed by atoms with Gasteiger partial charge in [0.25, 0.3) is 10.0 Å². The fraction of sp³-hybridized carbons (Fsp3) is 0.125. The number of hydrogen-bond acceptors (Lipinski definition) is 5. The highest BCUT2D eigenvalue weighted by Gasteiger charge is 2.12. The van der Waals surface area contributed by atoms with Crippen molar-refractivity contribution in [1.82, 2.24) is 0 Å². The van der Waals surface area contributed by atoms with E-state index in [1.165, 1.54) is 30.3 Å². The van der Waals surface area contributed by atoms with E-state index in [9.17, 15) is 13.5 Å². The molecule has 0 aromatic heterocycles. The van der Waals surface area contributed by atoms with Crippen LogP contribution >= 0.6 is 0 Å². The number of hydrogen-bond donors (Lipinski definition) is 3. The first-order valence-corrected chi connectivity index (χ1v) is 8.71. The summed E-state index contributed by atoms with van der Waals surface area (Å²) in [5, 5.41) is 9.67.